The number of carbonyl (C=O) groups excluding carboxylic acids is 1. The van der Waals surface area contributed by atoms with Crippen LogP contribution in [0.3, 0.4) is 0 Å². The second kappa shape index (κ2) is 10.8. The van der Waals surface area contributed by atoms with E-state index in [0.717, 1.165) is 12.8 Å². The lowest BCUT2D eigenvalue weighted by atomic mass is 10.1. The lowest BCUT2D eigenvalue weighted by molar-refractivity contribution is -0.143. The van der Waals surface area contributed by atoms with Crippen LogP contribution in [0, 0.1) is 0 Å². The van der Waals surface area contributed by atoms with Gasteiger partial charge in [0.15, 0.2) is 0 Å². The summed E-state index contributed by atoms with van der Waals surface area (Å²) in [6, 6.07) is 0.260. The number of hydrogen-bond donors (Lipinski definition) is 1. The average molecular weight is 397 g/mol. The van der Waals surface area contributed by atoms with Crippen LogP contribution in [-0.4, -0.2) is 38.0 Å². The largest absolute Gasteiger partial charge is 0.382 e. The van der Waals surface area contributed by atoms with Crippen molar-refractivity contribution in [2.45, 2.75) is 95.3 Å². The third-order valence-electron chi connectivity index (χ3n) is 3.55. The zero-order valence-corrected chi connectivity index (χ0v) is 15.9. The first-order valence-corrected chi connectivity index (χ1v) is 9.21. The van der Waals surface area contributed by atoms with Gasteiger partial charge < -0.3 is 10.0 Å². The highest BCUT2D eigenvalue weighted by atomic mass is 127. The van der Waals surface area contributed by atoms with Gasteiger partial charge in [0.2, 0.25) is 0 Å². The first-order valence-electron chi connectivity index (χ1n) is 7.97. The SMILES string of the molecule is CCCCCCC[C@@H](I)[C@H](O)C(=O)N(C(C)C)C(C)C. The number of aliphatic hydroxyl groups excluding tert-OH is 1. The summed E-state index contributed by atoms with van der Waals surface area (Å²) in [5.74, 6) is -0.122. The second-order valence-electron chi connectivity index (χ2n) is 6.10. The first kappa shape index (κ1) is 20.2. The van der Waals surface area contributed by atoms with Crippen molar-refractivity contribution in [3.05, 3.63) is 0 Å². The molecule has 0 bridgehead atoms. The standard InChI is InChI=1S/C16H32INO2/c1-6-7-8-9-10-11-14(17)15(19)16(20)18(12(2)3)13(4)5/h12-15,19H,6-11H2,1-5H3/t14-,15+/m1/s1. The summed E-state index contributed by atoms with van der Waals surface area (Å²) in [7, 11) is 0. The number of alkyl halides is 1. The topological polar surface area (TPSA) is 40.5 Å². The predicted molar refractivity (Wildman–Crippen MR) is 94.3 cm³/mol. The minimum atomic E-state index is -0.869. The number of rotatable bonds is 10. The van der Waals surface area contributed by atoms with Gasteiger partial charge in [-0.1, -0.05) is 61.6 Å². The number of unbranched alkanes of at least 4 members (excludes halogenated alkanes) is 4. The van der Waals surface area contributed by atoms with Crippen molar-refractivity contribution in [2.75, 3.05) is 0 Å². The van der Waals surface area contributed by atoms with Gasteiger partial charge in [-0.25, -0.2) is 0 Å². The maximum Gasteiger partial charge on any atom is 0.252 e. The Kier molecular flexibility index (Phi) is 10.9. The molecule has 0 spiro atoms. The molecule has 0 saturated heterocycles. The normalized spacial score (nSPS) is 14.7. The van der Waals surface area contributed by atoms with Gasteiger partial charge in [0.05, 0.1) is 0 Å². The number of hydrogen-bond acceptors (Lipinski definition) is 2. The smallest absolute Gasteiger partial charge is 0.252 e. The van der Waals surface area contributed by atoms with E-state index >= 15 is 0 Å². The van der Waals surface area contributed by atoms with E-state index < -0.39 is 6.10 Å². The van der Waals surface area contributed by atoms with Gasteiger partial charge in [0.1, 0.15) is 6.10 Å². The monoisotopic (exact) mass is 397 g/mol. The summed E-state index contributed by atoms with van der Waals surface area (Å²) in [5.41, 5.74) is 0. The van der Waals surface area contributed by atoms with E-state index in [9.17, 15) is 9.90 Å². The van der Waals surface area contributed by atoms with Gasteiger partial charge in [0.25, 0.3) is 5.91 Å². The third kappa shape index (κ3) is 7.25. The maximum absolute atomic E-state index is 12.4. The molecule has 20 heavy (non-hydrogen) atoms. The molecule has 0 rings (SSSR count). The second-order valence-corrected chi connectivity index (χ2v) is 7.70. The molecule has 0 aliphatic rings. The molecule has 0 heterocycles. The van der Waals surface area contributed by atoms with Crippen molar-refractivity contribution in [3.8, 4) is 0 Å². The highest BCUT2D eigenvalue weighted by Crippen LogP contribution is 2.20. The fourth-order valence-corrected chi connectivity index (χ4v) is 3.26. The average Bonchev–Trinajstić information content (AvgIpc) is 2.36. The van der Waals surface area contributed by atoms with Crippen molar-refractivity contribution in [2.24, 2.45) is 0 Å². The van der Waals surface area contributed by atoms with Gasteiger partial charge in [-0.3, -0.25) is 4.79 Å². The van der Waals surface area contributed by atoms with E-state index in [1.807, 2.05) is 27.7 Å². The number of aliphatic hydroxyl groups is 1. The summed E-state index contributed by atoms with van der Waals surface area (Å²) >= 11 is 2.23. The molecular weight excluding hydrogens is 365 g/mol. The molecule has 2 atom stereocenters. The zero-order chi connectivity index (χ0) is 15.7. The summed E-state index contributed by atoms with van der Waals surface area (Å²) in [6.07, 6.45) is 6.13. The molecule has 0 saturated carbocycles. The maximum atomic E-state index is 12.4. The van der Waals surface area contributed by atoms with Gasteiger partial charge in [0, 0.05) is 16.0 Å². The fraction of sp³-hybridized carbons (Fsp3) is 0.938. The number of halogens is 1. The van der Waals surface area contributed by atoms with Crippen molar-refractivity contribution in [1.82, 2.24) is 4.90 Å². The molecule has 0 aliphatic carbocycles. The number of nitrogens with zero attached hydrogens (tertiary/aromatic N) is 1. The highest BCUT2D eigenvalue weighted by Gasteiger charge is 2.30. The molecule has 0 aromatic rings. The zero-order valence-electron chi connectivity index (χ0n) is 13.7. The first-order chi connectivity index (χ1) is 9.32. The molecule has 3 nitrogen and oxygen atoms in total. The van der Waals surface area contributed by atoms with Gasteiger partial charge in [-0.05, 0) is 34.1 Å². The van der Waals surface area contributed by atoms with Crippen LogP contribution in [0.4, 0.5) is 0 Å². The minimum Gasteiger partial charge on any atom is -0.382 e. The van der Waals surface area contributed by atoms with E-state index in [1.165, 1.54) is 25.7 Å². The molecular formula is C16H32INO2. The van der Waals surface area contributed by atoms with Crippen LogP contribution in [-0.2, 0) is 4.79 Å². The van der Waals surface area contributed by atoms with E-state index in [4.69, 9.17) is 0 Å². The molecule has 1 N–H and O–H groups in total. The van der Waals surface area contributed by atoms with Crippen LogP contribution in [0.5, 0.6) is 0 Å². The number of amides is 1. The lowest BCUT2D eigenvalue weighted by Crippen LogP contribution is -2.49. The Morgan fingerprint density at radius 2 is 1.55 bits per heavy atom. The molecule has 1 amide bonds. The predicted octanol–water partition coefficient (Wildman–Crippen LogP) is 4.16. The van der Waals surface area contributed by atoms with Crippen molar-refractivity contribution >= 4 is 28.5 Å². The van der Waals surface area contributed by atoms with Gasteiger partial charge in [-0.2, -0.15) is 0 Å². The molecule has 0 radical (unpaired) electrons. The van der Waals surface area contributed by atoms with E-state index in [1.54, 1.807) is 4.90 Å². The molecule has 0 unspecified atom stereocenters. The van der Waals surface area contributed by atoms with E-state index in [-0.39, 0.29) is 21.9 Å². The van der Waals surface area contributed by atoms with Crippen LogP contribution in [0.1, 0.15) is 73.1 Å². The van der Waals surface area contributed by atoms with Crippen LogP contribution in [0.15, 0.2) is 0 Å². The Morgan fingerprint density at radius 1 is 1.05 bits per heavy atom. The molecule has 4 heteroatoms. The van der Waals surface area contributed by atoms with E-state index in [2.05, 4.69) is 29.5 Å². The lowest BCUT2D eigenvalue weighted by Gasteiger charge is -2.33. The minimum absolute atomic E-state index is 0.0155. The van der Waals surface area contributed by atoms with Crippen molar-refractivity contribution in [1.29, 1.82) is 0 Å². The molecule has 0 aliphatic heterocycles. The van der Waals surface area contributed by atoms with Crippen LogP contribution in [0.2, 0.25) is 0 Å². The summed E-state index contributed by atoms with van der Waals surface area (Å²) in [4.78, 5) is 14.2. The highest BCUT2D eigenvalue weighted by molar-refractivity contribution is 14.1. The summed E-state index contributed by atoms with van der Waals surface area (Å²) < 4.78 is 0.0155. The Labute approximate surface area is 138 Å². The Hall–Kier alpha value is 0.160. The molecule has 0 fully saturated rings. The molecule has 0 aromatic heterocycles. The molecule has 120 valence electrons. The Bertz CT molecular complexity index is 261. The van der Waals surface area contributed by atoms with Crippen LogP contribution < -0.4 is 0 Å². The van der Waals surface area contributed by atoms with Crippen molar-refractivity contribution < 1.29 is 9.90 Å². The molecule has 0 aromatic carbocycles. The Balaban J connectivity index is 4.27. The van der Waals surface area contributed by atoms with E-state index in [0.29, 0.717) is 0 Å². The van der Waals surface area contributed by atoms with Crippen LogP contribution >= 0.6 is 22.6 Å². The van der Waals surface area contributed by atoms with Crippen LogP contribution in [0.25, 0.3) is 0 Å². The quantitative estimate of drug-likeness (QED) is 0.342. The van der Waals surface area contributed by atoms with Gasteiger partial charge >= 0.3 is 0 Å². The number of carbonyl (C=O) groups is 1. The third-order valence-corrected chi connectivity index (χ3v) is 4.85. The van der Waals surface area contributed by atoms with Crippen molar-refractivity contribution in [3.63, 3.8) is 0 Å². The fourth-order valence-electron chi connectivity index (χ4n) is 2.51. The Morgan fingerprint density at radius 3 is 2.00 bits per heavy atom. The van der Waals surface area contributed by atoms with Gasteiger partial charge in [-0.15, -0.1) is 0 Å². The summed E-state index contributed by atoms with van der Waals surface area (Å²) in [6.45, 7) is 10.2. The summed E-state index contributed by atoms with van der Waals surface area (Å²) in [5, 5.41) is 10.3.